The van der Waals surface area contributed by atoms with Gasteiger partial charge in [0.05, 0.1) is 23.2 Å². The van der Waals surface area contributed by atoms with Gasteiger partial charge in [0.25, 0.3) is 0 Å². The van der Waals surface area contributed by atoms with Crippen LogP contribution < -0.4 is 14.5 Å². The quantitative estimate of drug-likeness (QED) is 0.678. The van der Waals surface area contributed by atoms with Crippen LogP contribution in [0.2, 0.25) is 0 Å². The van der Waals surface area contributed by atoms with E-state index in [2.05, 4.69) is 54.2 Å². The van der Waals surface area contributed by atoms with Gasteiger partial charge in [0.2, 0.25) is 5.88 Å². The van der Waals surface area contributed by atoms with Crippen molar-refractivity contribution >= 4 is 22.4 Å². The second-order valence-corrected chi connectivity index (χ2v) is 7.64. The summed E-state index contributed by atoms with van der Waals surface area (Å²) in [6, 6.07) is 10.4. The molecule has 1 saturated carbocycles. The van der Waals surface area contributed by atoms with Crippen LogP contribution in [-0.2, 0) is 0 Å². The number of ether oxygens (including phenoxy) is 1. The molecule has 1 aliphatic carbocycles. The molecular formula is C21H24N6O. The molecule has 2 aromatic heterocycles. The molecule has 144 valence electrons. The summed E-state index contributed by atoms with van der Waals surface area (Å²) in [6.07, 6.45) is 4.12. The van der Waals surface area contributed by atoms with Crippen LogP contribution in [-0.4, -0.2) is 53.0 Å². The fraction of sp³-hybridized carbons (Fsp3) is 0.429. The largest absolute Gasteiger partial charge is 0.477 e. The molecule has 7 heteroatoms. The molecule has 28 heavy (non-hydrogen) atoms. The first-order valence-electron chi connectivity index (χ1n) is 9.94. The highest BCUT2D eigenvalue weighted by atomic mass is 16.5. The van der Waals surface area contributed by atoms with Crippen molar-refractivity contribution < 1.29 is 4.74 Å². The Labute approximate surface area is 164 Å². The third-order valence-corrected chi connectivity index (χ3v) is 5.49. The van der Waals surface area contributed by atoms with E-state index in [0.29, 0.717) is 11.8 Å². The number of anilines is 2. The van der Waals surface area contributed by atoms with Crippen LogP contribution in [0.15, 0.2) is 36.7 Å². The van der Waals surface area contributed by atoms with E-state index in [1.807, 2.05) is 13.0 Å². The average molecular weight is 376 g/mol. The van der Waals surface area contributed by atoms with Crippen molar-refractivity contribution in [1.29, 1.82) is 0 Å². The first-order valence-corrected chi connectivity index (χ1v) is 9.94. The minimum Gasteiger partial charge on any atom is -0.477 e. The van der Waals surface area contributed by atoms with Crippen molar-refractivity contribution in [2.75, 3.05) is 42.6 Å². The molecule has 0 bridgehead atoms. The van der Waals surface area contributed by atoms with E-state index in [4.69, 9.17) is 4.74 Å². The molecule has 0 radical (unpaired) electrons. The highest BCUT2D eigenvalue weighted by molar-refractivity contribution is 5.86. The summed E-state index contributed by atoms with van der Waals surface area (Å²) >= 11 is 0. The van der Waals surface area contributed by atoms with Gasteiger partial charge in [0, 0.05) is 31.9 Å². The van der Waals surface area contributed by atoms with Gasteiger partial charge in [-0.1, -0.05) is 0 Å². The Kier molecular flexibility index (Phi) is 4.43. The van der Waals surface area contributed by atoms with Crippen molar-refractivity contribution in [3.05, 3.63) is 42.4 Å². The number of benzene rings is 1. The topological polar surface area (TPSA) is 67.3 Å². The van der Waals surface area contributed by atoms with Crippen LogP contribution in [0.1, 0.15) is 18.5 Å². The summed E-state index contributed by atoms with van der Waals surface area (Å²) in [5.41, 5.74) is 3.06. The molecule has 0 N–H and O–H groups in total. The minimum absolute atomic E-state index is 0.700. The zero-order valence-electron chi connectivity index (χ0n) is 16.1. The van der Waals surface area contributed by atoms with E-state index in [1.165, 1.54) is 18.5 Å². The first kappa shape index (κ1) is 17.2. The fourth-order valence-electron chi connectivity index (χ4n) is 3.57. The van der Waals surface area contributed by atoms with Gasteiger partial charge in [-0.25, -0.2) is 9.97 Å². The zero-order chi connectivity index (χ0) is 18.9. The first-order chi connectivity index (χ1) is 13.8. The van der Waals surface area contributed by atoms with Crippen molar-refractivity contribution in [2.24, 2.45) is 5.92 Å². The summed E-state index contributed by atoms with van der Waals surface area (Å²) in [7, 11) is 0. The summed E-state index contributed by atoms with van der Waals surface area (Å²) in [4.78, 5) is 13.5. The van der Waals surface area contributed by atoms with E-state index in [0.717, 1.165) is 55.2 Å². The van der Waals surface area contributed by atoms with Gasteiger partial charge in [-0.15, -0.1) is 5.10 Å². The second-order valence-electron chi connectivity index (χ2n) is 7.64. The van der Waals surface area contributed by atoms with Crippen LogP contribution in [0.3, 0.4) is 0 Å². The predicted molar refractivity (Wildman–Crippen MR) is 109 cm³/mol. The molecule has 7 nitrogen and oxygen atoms in total. The summed E-state index contributed by atoms with van der Waals surface area (Å²) < 4.78 is 5.98. The number of rotatable bonds is 5. The number of hydrogen-bond acceptors (Lipinski definition) is 7. The molecule has 2 fully saturated rings. The van der Waals surface area contributed by atoms with Crippen LogP contribution in [0.5, 0.6) is 5.88 Å². The molecule has 1 aromatic carbocycles. The number of aromatic nitrogens is 4. The Morgan fingerprint density at radius 1 is 0.964 bits per heavy atom. The molecule has 0 amide bonds. The molecule has 1 saturated heterocycles. The lowest BCUT2D eigenvalue weighted by Crippen LogP contribution is -2.46. The maximum atomic E-state index is 5.98. The smallest absolute Gasteiger partial charge is 0.224 e. The molecule has 3 heterocycles. The van der Waals surface area contributed by atoms with Crippen molar-refractivity contribution in [2.45, 2.75) is 19.8 Å². The predicted octanol–water partition coefficient (Wildman–Crippen LogP) is 2.84. The molecule has 0 spiro atoms. The highest BCUT2D eigenvalue weighted by Gasteiger charge is 2.23. The number of hydrogen-bond donors (Lipinski definition) is 0. The van der Waals surface area contributed by atoms with Crippen LogP contribution >= 0.6 is 0 Å². The van der Waals surface area contributed by atoms with E-state index >= 15 is 0 Å². The molecule has 0 atom stereocenters. The molecule has 2 aliphatic rings. The molecular weight excluding hydrogens is 352 g/mol. The van der Waals surface area contributed by atoms with Gasteiger partial charge in [0.15, 0.2) is 5.82 Å². The third kappa shape index (κ3) is 3.56. The van der Waals surface area contributed by atoms with E-state index < -0.39 is 0 Å². The van der Waals surface area contributed by atoms with Gasteiger partial charge in [-0.3, -0.25) is 0 Å². The fourth-order valence-corrected chi connectivity index (χ4v) is 3.57. The number of nitrogens with zero attached hydrogens (tertiary/aromatic N) is 6. The Bertz CT molecular complexity index is 964. The Balaban J connectivity index is 1.32. The molecule has 1 aliphatic heterocycles. The van der Waals surface area contributed by atoms with Crippen LogP contribution in [0.25, 0.3) is 10.9 Å². The summed E-state index contributed by atoms with van der Waals surface area (Å²) in [5, 5.41) is 9.49. The minimum atomic E-state index is 0.700. The van der Waals surface area contributed by atoms with Crippen LogP contribution in [0, 0.1) is 12.8 Å². The molecule has 3 aromatic rings. The van der Waals surface area contributed by atoms with Gasteiger partial charge in [-0.05, 0) is 56.0 Å². The lowest BCUT2D eigenvalue weighted by Gasteiger charge is -2.36. The van der Waals surface area contributed by atoms with Gasteiger partial charge >= 0.3 is 0 Å². The summed E-state index contributed by atoms with van der Waals surface area (Å²) in [6.45, 7) is 6.44. The SMILES string of the molecule is Cc1ccc(N2CCN(c3ccc4ncnc(OCC5CC5)c4c3)CC2)nn1. The van der Waals surface area contributed by atoms with Crippen molar-refractivity contribution in [1.82, 2.24) is 20.2 Å². The summed E-state index contributed by atoms with van der Waals surface area (Å²) in [5.74, 6) is 2.35. The standard InChI is InChI=1S/C21H24N6O/c1-15-2-7-20(25-24-15)27-10-8-26(9-11-27)17-5-6-19-18(12-17)21(23-14-22-19)28-13-16-3-4-16/h2,5-7,12,14,16H,3-4,8-11,13H2,1H3. The Hall–Kier alpha value is -2.96. The maximum absolute atomic E-state index is 5.98. The number of fused-ring (bicyclic) bond motifs is 1. The Morgan fingerprint density at radius 2 is 1.79 bits per heavy atom. The monoisotopic (exact) mass is 376 g/mol. The zero-order valence-corrected chi connectivity index (χ0v) is 16.1. The maximum Gasteiger partial charge on any atom is 0.224 e. The van der Waals surface area contributed by atoms with E-state index in [-0.39, 0.29) is 0 Å². The second kappa shape index (κ2) is 7.22. The van der Waals surface area contributed by atoms with E-state index in [9.17, 15) is 0 Å². The number of aryl methyl sites for hydroxylation is 1. The van der Waals surface area contributed by atoms with Crippen LogP contribution in [0.4, 0.5) is 11.5 Å². The lowest BCUT2D eigenvalue weighted by atomic mass is 10.2. The average Bonchev–Trinajstić information content (AvgIpc) is 3.57. The van der Waals surface area contributed by atoms with E-state index in [1.54, 1.807) is 6.33 Å². The molecule has 0 unspecified atom stereocenters. The van der Waals surface area contributed by atoms with Gasteiger partial charge < -0.3 is 14.5 Å². The normalized spacial score (nSPS) is 17.2. The molecule has 5 rings (SSSR count). The van der Waals surface area contributed by atoms with Crippen molar-refractivity contribution in [3.63, 3.8) is 0 Å². The Morgan fingerprint density at radius 3 is 2.54 bits per heavy atom. The highest BCUT2D eigenvalue weighted by Crippen LogP contribution is 2.32. The van der Waals surface area contributed by atoms with Gasteiger partial charge in [-0.2, -0.15) is 5.10 Å². The van der Waals surface area contributed by atoms with Gasteiger partial charge in [0.1, 0.15) is 6.33 Å². The van der Waals surface area contributed by atoms with Crippen molar-refractivity contribution in [3.8, 4) is 5.88 Å². The lowest BCUT2D eigenvalue weighted by molar-refractivity contribution is 0.292. The number of piperazine rings is 1. The third-order valence-electron chi connectivity index (χ3n) is 5.49.